The molecule has 1 fully saturated rings. The van der Waals surface area contributed by atoms with Crippen molar-refractivity contribution in [2.45, 2.75) is 25.0 Å². The average molecular weight is 325 g/mol. The Kier molecular flexibility index (Phi) is 4.78. The molecule has 0 saturated carbocycles. The van der Waals surface area contributed by atoms with Crippen molar-refractivity contribution in [3.05, 3.63) is 23.8 Å². The molecule has 114 valence electrons. The van der Waals surface area contributed by atoms with Gasteiger partial charge in [0.25, 0.3) is 0 Å². The van der Waals surface area contributed by atoms with E-state index in [1.54, 1.807) is 19.1 Å². The first-order valence-corrected chi connectivity index (χ1v) is 7.87. The van der Waals surface area contributed by atoms with E-state index >= 15 is 0 Å². The van der Waals surface area contributed by atoms with E-state index < -0.39 is 4.75 Å². The maximum absolute atomic E-state index is 12.3. The Morgan fingerprint density at radius 2 is 1.90 bits per heavy atom. The second-order valence-corrected chi connectivity index (χ2v) is 7.53. The van der Waals surface area contributed by atoms with Crippen molar-refractivity contribution < 1.29 is 14.3 Å². The highest BCUT2D eigenvalue weighted by atomic mass is 32.2. The van der Waals surface area contributed by atoms with Crippen LogP contribution in [-0.4, -0.2) is 40.6 Å². The van der Waals surface area contributed by atoms with Crippen LogP contribution < -0.4 is 9.47 Å². The summed E-state index contributed by atoms with van der Waals surface area (Å²) in [4.78, 5) is 13.9. The summed E-state index contributed by atoms with van der Waals surface area (Å²) in [6.45, 7) is 4.40. The van der Waals surface area contributed by atoms with Gasteiger partial charge in [0, 0.05) is 6.54 Å². The summed E-state index contributed by atoms with van der Waals surface area (Å²) < 4.78 is 10.7. The number of hydrogen-bond donors (Lipinski definition) is 0. The predicted molar refractivity (Wildman–Crippen MR) is 89.2 cm³/mol. The minimum atomic E-state index is -0.450. The van der Waals surface area contributed by atoms with E-state index in [4.69, 9.17) is 21.7 Å². The molecule has 0 spiro atoms. The van der Waals surface area contributed by atoms with Crippen LogP contribution in [0.1, 0.15) is 19.4 Å². The summed E-state index contributed by atoms with van der Waals surface area (Å²) in [5.41, 5.74) is 1.08. The van der Waals surface area contributed by atoms with E-state index in [0.29, 0.717) is 22.4 Å². The van der Waals surface area contributed by atoms with Gasteiger partial charge >= 0.3 is 0 Å². The molecule has 1 aromatic carbocycles. The lowest BCUT2D eigenvalue weighted by Crippen LogP contribution is -2.36. The summed E-state index contributed by atoms with van der Waals surface area (Å²) >= 11 is 6.74. The zero-order chi connectivity index (χ0) is 15.6. The highest BCUT2D eigenvalue weighted by Gasteiger charge is 2.43. The number of thioether (sulfide) groups is 1. The number of methoxy groups -OCH3 is 2. The van der Waals surface area contributed by atoms with Crippen molar-refractivity contribution in [3.8, 4) is 11.5 Å². The molecule has 1 heterocycles. The van der Waals surface area contributed by atoms with Crippen LogP contribution in [0, 0.1) is 0 Å². The third kappa shape index (κ3) is 3.32. The first-order valence-electron chi connectivity index (χ1n) is 6.65. The van der Waals surface area contributed by atoms with Crippen LogP contribution >= 0.6 is 24.0 Å². The maximum Gasteiger partial charge on any atom is 0.244 e. The van der Waals surface area contributed by atoms with Crippen molar-refractivity contribution in [3.63, 3.8) is 0 Å². The molecule has 1 aromatic rings. The molecule has 0 unspecified atom stereocenters. The quantitative estimate of drug-likeness (QED) is 0.778. The van der Waals surface area contributed by atoms with Crippen molar-refractivity contribution >= 4 is 34.2 Å². The second-order valence-electron chi connectivity index (χ2n) is 5.27. The molecule has 21 heavy (non-hydrogen) atoms. The van der Waals surface area contributed by atoms with Crippen molar-refractivity contribution in [1.82, 2.24) is 4.90 Å². The van der Waals surface area contributed by atoms with Gasteiger partial charge < -0.3 is 9.47 Å². The Hall–Kier alpha value is -1.27. The number of rotatable bonds is 5. The molecular weight excluding hydrogens is 306 g/mol. The maximum atomic E-state index is 12.3. The molecule has 0 aliphatic carbocycles. The molecule has 1 amide bonds. The molecule has 0 radical (unpaired) electrons. The lowest BCUT2D eigenvalue weighted by molar-refractivity contribution is -0.128. The first kappa shape index (κ1) is 16.1. The molecule has 0 aromatic heterocycles. The lowest BCUT2D eigenvalue weighted by atomic mass is 10.1. The van der Waals surface area contributed by atoms with Gasteiger partial charge in [-0.2, -0.15) is 0 Å². The van der Waals surface area contributed by atoms with Gasteiger partial charge in [-0.05, 0) is 38.0 Å². The van der Waals surface area contributed by atoms with Crippen LogP contribution in [0.4, 0.5) is 0 Å². The molecule has 0 bridgehead atoms. The van der Waals surface area contributed by atoms with Crippen molar-refractivity contribution in [2.24, 2.45) is 0 Å². The van der Waals surface area contributed by atoms with Crippen LogP contribution in [0.3, 0.4) is 0 Å². The Labute approximate surface area is 134 Å². The minimum absolute atomic E-state index is 0.0815. The van der Waals surface area contributed by atoms with E-state index in [-0.39, 0.29) is 5.91 Å². The number of ether oxygens (including phenoxy) is 2. The van der Waals surface area contributed by atoms with Gasteiger partial charge in [0.15, 0.2) is 11.5 Å². The van der Waals surface area contributed by atoms with Crippen LogP contribution in [-0.2, 0) is 11.2 Å². The minimum Gasteiger partial charge on any atom is -0.493 e. The van der Waals surface area contributed by atoms with Gasteiger partial charge in [0.1, 0.15) is 4.32 Å². The number of carbonyl (C=O) groups excluding carboxylic acids is 1. The highest BCUT2D eigenvalue weighted by Crippen LogP contribution is 2.37. The number of amides is 1. The second kappa shape index (κ2) is 6.23. The first-order chi connectivity index (χ1) is 9.89. The summed E-state index contributed by atoms with van der Waals surface area (Å²) in [6.07, 6.45) is 0.725. The van der Waals surface area contributed by atoms with Crippen molar-refractivity contribution in [1.29, 1.82) is 0 Å². The molecule has 4 nitrogen and oxygen atoms in total. The Balaban J connectivity index is 2.07. The molecular formula is C15H19NO3S2. The fourth-order valence-electron chi connectivity index (χ4n) is 2.19. The number of carbonyl (C=O) groups is 1. The molecule has 0 atom stereocenters. The predicted octanol–water partition coefficient (Wildman–Crippen LogP) is 2.89. The van der Waals surface area contributed by atoms with Gasteiger partial charge in [-0.25, -0.2) is 0 Å². The Morgan fingerprint density at radius 1 is 1.24 bits per heavy atom. The summed E-state index contributed by atoms with van der Waals surface area (Å²) in [5, 5.41) is 0. The SMILES string of the molecule is COc1ccc(CCN2C(=O)C(C)(C)SC2=S)cc1OC. The zero-order valence-corrected chi connectivity index (χ0v) is 14.3. The van der Waals surface area contributed by atoms with Gasteiger partial charge in [-0.1, -0.05) is 30.0 Å². The Morgan fingerprint density at radius 3 is 2.43 bits per heavy atom. The van der Waals surface area contributed by atoms with Crippen LogP contribution in [0.15, 0.2) is 18.2 Å². The fraction of sp³-hybridized carbons (Fsp3) is 0.467. The van der Waals surface area contributed by atoms with Gasteiger partial charge in [0.2, 0.25) is 5.91 Å². The van der Waals surface area contributed by atoms with Gasteiger partial charge in [0.05, 0.1) is 19.0 Å². The number of thiocarbonyl (C=S) groups is 1. The standard InChI is InChI=1S/C15H19NO3S2/c1-15(2)13(17)16(14(20)21-15)8-7-10-5-6-11(18-3)12(9-10)19-4/h5-6,9H,7-8H2,1-4H3. The topological polar surface area (TPSA) is 38.8 Å². The third-order valence-electron chi connectivity index (χ3n) is 3.40. The lowest BCUT2D eigenvalue weighted by Gasteiger charge is -2.18. The monoisotopic (exact) mass is 325 g/mol. The van der Waals surface area contributed by atoms with E-state index in [1.165, 1.54) is 11.8 Å². The van der Waals surface area contributed by atoms with Gasteiger partial charge in [-0.15, -0.1) is 0 Å². The fourth-order valence-corrected chi connectivity index (χ4v) is 3.91. The number of benzene rings is 1. The zero-order valence-electron chi connectivity index (χ0n) is 12.6. The molecule has 1 aliphatic heterocycles. The summed E-state index contributed by atoms with van der Waals surface area (Å²) in [7, 11) is 3.22. The molecule has 1 saturated heterocycles. The smallest absolute Gasteiger partial charge is 0.244 e. The van der Waals surface area contributed by atoms with Gasteiger partial charge in [-0.3, -0.25) is 9.69 Å². The Bertz CT molecular complexity index is 572. The van der Waals surface area contributed by atoms with Crippen LogP contribution in [0.25, 0.3) is 0 Å². The summed E-state index contributed by atoms with van der Waals surface area (Å²) in [5.74, 6) is 1.48. The van der Waals surface area contributed by atoms with Crippen LogP contribution in [0.2, 0.25) is 0 Å². The van der Waals surface area contributed by atoms with E-state index in [9.17, 15) is 4.79 Å². The molecule has 6 heteroatoms. The average Bonchev–Trinajstić information content (AvgIpc) is 2.65. The van der Waals surface area contributed by atoms with E-state index in [1.807, 2.05) is 32.0 Å². The van der Waals surface area contributed by atoms with E-state index in [0.717, 1.165) is 12.0 Å². The van der Waals surface area contributed by atoms with Crippen molar-refractivity contribution in [2.75, 3.05) is 20.8 Å². The third-order valence-corrected chi connectivity index (χ3v) is 4.95. The number of nitrogens with zero attached hydrogens (tertiary/aromatic N) is 1. The van der Waals surface area contributed by atoms with Crippen LogP contribution in [0.5, 0.6) is 11.5 Å². The summed E-state index contributed by atoms with van der Waals surface area (Å²) in [6, 6.07) is 5.78. The molecule has 0 N–H and O–H groups in total. The number of hydrogen-bond acceptors (Lipinski definition) is 5. The van der Waals surface area contributed by atoms with E-state index in [2.05, 4.69) is 0 Å². The molecule has 2 rings (SSSR count). The highest BCUT2D eigenvalue weighted by molar-refractivity contribution is 8.24. The largest absolute Gasteiger partial charge is 0.493 e. The molecule has 1 aliphatic rings. The normalized spacial score (nSPS) is 17.2.